The van der Waals surface area contributed by atoms with Crippen LogP contribution in [0.4, 0.5) is 10.5 Å². The van der Waals surface area contributed by atoms with Crippen molar-refractivity contribution in [3.05, 3.63) is 54.6 Å². The monoisotopic (exact) mass is 336 g/mol. The molecule has 5 heteroatoms. The van der Waals surface area contributed by atoms with Crippen LogP contribution < -0.4 is 10.2 Å². The number of nitrogens with zero attached hydrogens (tertiary/aromatic N) is 3. The smallest absolute Gasteiger partial charge is 0.322 e. The molecule has 1 saturated heterocycles. The summed E-state index contributed by atoms with van der Waals surface area (Å²) < 4.78 is 0. The Morgan fingerprint density at radius 3 is 2.40 bits per heavy atom. The van der Waals surface area contributed by atoms with Gasteiger partial charge >= 0.3 is 6.03 Å². The predicted molar refractivity (Wildman–Crippen MR) is 97.5 cm³/mol. The zero-order valence-corrected chi connectivity index (χ0v) is 14.6. The summed E-state index contributed by atoms with van der Waals surface area (Å²) in [6.45, 7) is 2.99. The maximum absolute atomic E-state index is 12.5. The second-order valence-corrected chi connectivity index (χ2v) is 7.39. The van der Waals surface area contributed by atoms with Crippen molar-refractivity contribution < 1.29 is 4.79 Å². The number of aromatic nitrogens is 2. The molecule has 2 fully saturated rings. The van der Waals surface area contributed by atoms with Crippen LogP contribution in [0.3, 0.4) is 0 Å². The summed E-state index contributed by atoms with van der Waals surface area (Å²) in [6, 6.07) is 10.8. The number of amides is 2. The van der Waals surface area contributed by atoms with E-state index in [0.717, 1.165) is 37.8 Å². The molecule has 4 rings (SSSR count). The lowest BCUT2D eigenvalue weighted by Crippen LogP contribution is -2.49. The summed E-state index contributed by atoms with van der Waals surface area (Å²) in [5.41, 5.74) is 2.32. The second-order valence-electron chi connectivity index (χ2n) is 7.39. The van der Waals surface area contributed by atoms with Gasteiger partial charge in [0.05, 0.1) is 30.2 Å². The Balaban J connectivity index is 1.53. The molecule has 130 valence electrons. The highest BCUT2D eigenvalue weighted by Crippen LogP contribution is 2.46. The number of hydrogen-bond donors (Lipinski definition) is 1. The lowest BCUT2D eigenvalue weighted by Gasteiger charge is -2.44. The normalized spacial score (nSPS) is 29.0. The van der Waals surface area contributed by atoms with E-state index in [-0.39, 0.29) is 17.0 Å². The zero-order valence-electron chi connectivity index (χ0n) is 14.6. The maximum Gasteiger partial charge on any atom is 0.322 e. The van der Waals surface area contributed by atoms with Crippen LogP contribution in [0.5, 0.6) is 0 Å². The SMILES string of the molecule is CC[C@]1(c2ccccc2)CC[C@]2(CC1)CN(c1cncnc1)C(=O)N2. The second kappa shape index (κ2) is 6.14. The first kappa shape index (κ1) is 16.1. The highest BCUT2D eigenvalue weighted by atomic mass is 16.2. The topological polar surface area (TPSA) is 58.1 Å². The standard InChI is InChI=1S/C20H24N4O/c1-2-19(16-6-4-3-5-7-16)8-10-20(11-9-19)14-24(18(25)23-20)17-12-21-15-22-13-17/h3-7,12-13,15H,2,8-11,14H2,1H3,(H,23,25)/t19-,20-. The number of urea groups is 1. The third-order valence-corrected chi connectivity index (χ3v) is 6.16. The van der Waals surface area contributed by atoms with E-state index in [2.05, 4.69) is 52.5 Å². The number of anilines is 1. The summed E-state index contributed by atoms with van der Waals surface area (Å²) in [7, 11) is 0. The molecular formula is C20H24N4O. The van der Waals surface area contributed by atoms with Gasteiger partial charge in [0.1, 0.15) is 6.33 Å². The molecule has 0 radical (unpaired) electrons. The lowest BCUT2D eigenvalue weighted by molar-refractivity contribution is 0.184. The Labute approximate surface area is 148 Å². The van der Waals surface area contributed by atoms with Gasteiger partial charge in [-0.1, -0.05) is 37.3 Å². The van der Waals surface area contributed by atoms with E-state index >= 15 is 0 Å². The summed E-state index contributed by atoms with van der Waals surface area (Å²) in [5, 5.41) is 3.26. The Morgan fingerprint density at radius 1 is 1.08 bits per heavy atom. The summed E-state index contributed by atoms with van der Waals surface area (Å²) in [4.78, 5) is 22.4. The highest BCUT2D eigenvalue weighted by molar-refractivity contribution is 5.95. The first-order valence-corrected chi connectivity index (χ1v) is 9.07. The van der Waals surface area contributed by atoms with Crippen molar-refractivity contribution in [2.24, 2.45) is 0 Å². The van der Waals surface area contributed by atoms with Crippen LogP contribution in [0, 0.1) is 0 Å². The van der Waals surface area contributed by atoms with Crippen molar-refractivity contribution in [2.75, 3.05) is 11.4 Å². The Kier molecular flexibility index (Phi) is 3.94. The Bertz CT molecular complexity index is 739. The maximum atomic E-state index is 12.5. The molecule has 2 aliphatic rings. The van der Waals surface area contributed by atoms with Crippen LogP contribution in [0.25, 0.3) is 0 Å². The number of carbonyl (C=O) groups excluding carboxylic acids is 1. The molecule has 1 aliphatic heterocycles. The number of hydrogen-bond acceptors (Lipinski definition) is 3. The average Bonchev–Trinajstić information content (AvgIpc) is 3.00. The molecule has 0 unspecified atom stereocenters. The minimum absolute atomic E-state index is 0.0292. The van der Waals surface area contributed by atoms with Crippen LogP contribution >= 0.6 is 0 Å². The Hall–Kier alpha value is -2.43. The van der Waals surface area contributed by atoms with Crippen molar-refractivity contribution in [2.45, 2.75) is 50.0 Å². The van der Waals surface area contributed by atoms with Crippen molar-refractivity contribution in [1.29, 1.82) is 0 Å². The van der Waals surface area contributed by atoms with Gasteiger partial charge < -0.3 is 5.32 Å². The van der Waals surface area contributed by atoms with Gasteiger partial charge in [-0.05, 0) is 43.1 Å². The lowest BCUT2D eigenvalue weighted by atomic mass is 9.63. The van der Waals surface area contributed by atoms with Crippen LogP contribution in [-0.4, -0.2) is 28.1 Å². The van der Waals surface area contributed by atoms with Gasteiger partial charge in [-0.15, -0.1) is 0 Å². The molecule has 2 heterocycles. The predicted octanol–water partition coefficient (Wildman–Crippen LogP) is 3.67. The van der Waals surface area contributed by atoms with Gasteiger partial charge in [0.15, 0.2) is 0 Å². The van der Waals surface area contributed by atoms with Crippen molar-refractivity contribution >= 4 is 11.7 Å². The molecule has 5 nitrogen and oxygen atoms in total. The van der Waals surface area contributed by atoms with E-state index in [1.807, 2.05) is 0 Å². The molecule has 1 N–H and O–H groups in total. The van der Waals surface area contributed by atoms with E-state index in [9.17, 15) is 4.79 Å². The van der Waals surface area contributed by atoms with Gasteiger partial charge in [0, 0.05) is 0 Å². The molecule has 2 aromatic rings. The first-order valence-electron chi connectivity index (χ1n) is 9.07. The van der Waals surface area contributed by atoms with E-state index in [1.54, 1.807) is 17.3 Å². The molecule has 1 spiro atoms. The molecule has 25 heavy (non-hydrogen) atoms. The van der Waals surface area contributed by atoms with Crippen molar-refractivity contribution in [3.63, 3.8) is 0 Å². The minimum Gasteiger partial charge on any atom is -0.330 e. The van der Waals surface area contributed by atoms with E-state index in [4.69, 9.17) is 0 Å². The minimum atomic E-state index is -0.125. The highest BCUT2D eigenvalue weighted by Gasteiger charge is 2.48. The number of nitrogens with one attached hydrogen (secondary N) is 1. The fraction of sp³-hybridized carbons (Fsp3) is 0.450. The van der Waals surface area contributed by atoms with Crippen LogP contribution in [0.2, 0.25) is 0 Å². The molecular weight excluding hydrogens is 312 g/mol. The van der Waals surface area contributed by atoms with Crippen LogP contribution in [0.15, 0.2) is 49.1 Å². The molecule has 1 aromatic carbocycles. The number of benzene rings is 1. The van der Waals surface area contributed by atoms with Crippen molar-refractivity contribution in [1.82, 2.24) is 15.3 Å². The zero-order chi connectivity index (χ0) is 17.3. The van der Waals surface area contributed by atoms with E-state index in [1.165, 1.54) is 11.9 Å². The quantitative estimate of drug-likeness (QED) is 0.930. The van der Waals surface area contributed by atoms with Crippen LogP contribution in [-0.2, 0) is 5.41 Å². The molecule has 0 bridgehead atoms. The van der Waals surface area contributed by atoms with E-state index < -0.39 is 0 Å². The molecule has 0 atom stereocenters. The summed E-state index contributed by atoms with van der Waals surface area (Å²) in [5.74, 6) is 0. The van der Waals surface area contributed by atoms with Crippen LogP contribution in [0.1, 0.15) is 44.6 Å². The Morgan fingerprint density at radius 2 is 1.76 bits per heavy atom. The largest absolute Gasteiger partial charge is 0.330 e. The third-order valence-electron chi connectivity index (χ3n) is 6.16. The van der Waals surface area contributed by atoms with Crippen molar-refractivity contribution in [3.8, 4) is 0 Å². The third kappa shape index (κ3) is 2.77. The fourth-order valence-corrected chi connectivity index (χ4v) is 4.48. The van der Waals surface area contributed by atoms with Gasteiger partial charge in [0.25, 0.3) is 0 Å². The summed E-state index contributed by atoms with van der Waals surface area (Å²) >= 11 is 0. The van der Waals surface area contributed by atoms with Gasteiger partial charge in [0.2, 0.25) is 0 Å². The molecule has 2 amide bonds. The first-order chi connectivity index (χ1) is 12.2. The molecule has 1 saturated carbocycles. The molecule has 1 aromatic heterocycles. The van der Waals surface area contributed by atoms with Gasteiger partial charge in [-0.3, -0.25) is 4.90 Å². The number of carbonyl (C=O) groups is 1. The average molecular weight is 336 g/mol. The van der Waals surface area contributed by atoms with Gasteiger partial charge in [-0.25, -0.2) is 14.8 Å². The fourth-order valence-electron chi connectivity index (χ4n) is 4.48. The van der Waals surface area contributed by atoms with E-state index in [0.29, 0.717) is 6.54 Å². The summed E-state index contributed by atoms with van der Waals surface area (Å²) in [6.07, 6.45) is 10.3. The number of rotatable bonds is 3. The molecule has 1 aliphatic carbocycles. The van der Waals surface area contributed by atoms with Gasteiger partial charge in [-0.2, -0.15) is 0 Å².